The van der Waals surface area contributed by atoms with Gasteiger partial charge in [-0.05, 0) is 32.1 Å². The molecule has 0 aromatic carbocycles. The zero-order chi connectivity index (χ0) is 6.36. The summed E-state index contributed by atoms with van der Waals surface area (Å²) >= 11 is 0. The van der Waals surface area contributed by atoms with Gasteiger partial charge in [-0.15, -0.1) is 0 Å². The lowest BCUT2D eigenvalue weighted by Gasteiger charge is -1.85. The molecule has 0 atom stereocenters. The molecule has 0 amide bonds. The molecule has 0 bridgehead atoms. The number of rotatable bonds is 0. The molecule has 0 fully saturated rings. The molecular weight excluding hydrogens is 120 g/mol. The Kier molecular flexibility index (Phi) is 6.25. The molecule has 0 aromatic rings. The first kappa shape index (κ1) is 9.48. The van der Waals surface area contributed by atoms with E-state index in [-0.39, 0.29) is 7.43 Å². The van der Waals surface area contributed by atoms with Crippen LogP contribution in [-0.4, -0.2) is 0 Å². The van der Waals surface area contributed by atoms with Gasteiger partial charge in [0.1, 0.15) is 0 Å². The Bertz CT molecular complexity index is 95.2. The van der Waals surface area contributed by atoms with E-state index in [1.54, 1.807) is 0 Å². The standard InChI is InChI=1S/C9H14.CH4/c1-2-4-6-8-9-7-5-3-1;/h1-2,7,9H,3-6,8H2;1H4. The Morgan fingerprint density at radius 1 is 0.600 bits per heavy atom. The lowest BCUT2D eigenvalue weighted by Crippen LogP contribution is -1.65. The minimum absolute atomic E-state index is 0. The molecule has 0 saturated heterocycles. The average molecular weight is 138 g/mol. The van der Waals surface area contributed by atoms with Crippen LogP contribution < -0.4 is 0 Å². The van der Waals surface area contributed by atoms with E-state index in [2.05, 4.69) is 24.3 Å². The predicted molar refractivity (Wildman–Crippen MR) is 48.1 cm³/mol. The van der Waals surface area contributed by atoms with Crippen molar-refractivity contribution in [1.82, 2.24) is 0 Å². The van der Waals surface area contributed by atoms with Gasteiger partial charge >= 0.3 is 0 Å². The summed E-state index contributed by atoms with van der Waals surface area (Å²) in [5.74, 6) is 0. The van der Waals surface area contributed by atoms with Crippen LogP contribution in [0.1, 0.15) is 39.5 Å². The molecule has 0 saturated carbocycles. The van der Waals surface area contributed by atoms with E-state index >= 15 is 0 Å². The van der Waals surface area contributed by atoms with Gasteiger partial charge in [0.05, 0.1) is 0 Å². The lowest BCUT2D eigenvalue weighted by atomic mass is 10.2. The maximum Gasteiger partial charge on any atom is -0.0316 e. The van der Waals surface area contributed by atoms with E-state index in [0.29, 0.717) is 0 Å². The molecular formula is C10H18. The Hall–Kier alpha value is -0.520. The van der Waals surface area contributed by atoms with Gasteiger partial charge in [0.25, 0.3) is 0 Å². The van der Waals surface area contributed by atoms with Crippen LogP contribution in [0.5, 0.6) is 0 Å². The van der Waals surface area contributed by atoms with E-state index in [1.807, 2.05) is 0 Å². The van der Waals surface area contributed by atoms with Crippen molar-refractivity contribution in [1.29, 1.82) is 0 Å². The van der Waals surface area contributed by atoms with Crippen LogP contribution in [-0.2, 0) is 0 Å². The summed E-state index contributed by atoms with van der Waals surface area (Å²) in [4.78, 5) is 0. The summed E-state index contributed by atoms with van der Waals surface area (Å²) in [7, 11) is 0. The first-order valence-corrected chi connectivity index (χ1v) is 3.80. The topological polar surface area (TPSA) is 0 Å². The van der Waals surface area contributed by atoms with Crippen molar-refractivity contribution < 1.29 is 0 Å². The minimum Gasteiger partial charge on any atom is -0.0885 e. The summed E-state index contributed by atoms with van der Waals surface area (Å²) in [5.41, 5.74) is 0. The summed E-state index contributed by atoms with van der Waals surface area (Å²) in [6, 6.07) is 0. The first-order chi connectivity index (χ1) is 4.50. The molecule has 0 unspecified atom stereocenters. The molecule has 0 aromatic heterocycles. The van der Waals surface area contributed by atoms with Crippen LogP contribution >= 0.6 is 0 Å². The monoisotopic (exact) mass is 138 g/mol. The third kappa shape index (κ3) is 4.37. The largest absolute Gasteiger partial charge is 0.0885 e. The van der Waals surface area contributed by atoms with Gasteiger partial charge in [-0.2, -0.15) is 0 Å². The molecule has 1 aliphatic rings. The number of hydrogen-bond donors (Lipinski definition) is 0. The lowest BCUT2D eigenvalue weighted by molar-refractivity contribution is 0.868. The van der Waals surface area contributed by atoms with Crippen LogP contribution in [0.25, 0.3) is 0 Å². The fourth-order valence-electron chi connectivity index (χ4n) is 1.02. The highest BCUT2D eigenvalue weighted by molar-refractivity contribution is 4.90. The normalized spacial score (nSPS) is 18.4. The van der Waals surface area contributed by atoms with Crippen LogP contribution in [0, 0.1) is 0 Å². The Morgan fingerprint density at radius 3 is 1.50 bits per heavy atom. The SMILES string of the molecule is C.C1=CCCCC=CCC1. The Labute approximate surface area is 64.6 Å². The van der Waals surface area contributed by atoms with Crippen LogP contribution in [0.4, 0.5) is 0 Å². The van der Waals surface area contributed by atoms with E-state index in [0.717, 1.165) is 0 Å². The molecule has 0 heteroatoms. The fourth-order valence-corrected chi connectivity index (χ4v) is 1.02. The predicted octanol–water partition coefficient (Wildman–Crippen LogP) is 3.70. The van der Waals surface area contributed by atoms with Crippen molar-refractivity contribution in [2.24, 2.45) is 0 Å². The second-order valence-electron chi connectivity index (χ2n) is 2.45. The van der Waals surface area contributed by atoms with E-state index in [1.165, 1.54) is 32.1 Å². The summed E-state index contributed by atoms with van der Waals surface area (Å²) < 4.78 is 0. The summed E-state index contributed by atoms with van der Waals surface area (Å²) in [6.45, 7) is 0. The second kappa shape index (κ2) is 6.60. The van der Waals surface area contributed by atoms with Gasteiger partial charge in [-0.25, -0.2) is 0 Å². The smallest absolute Gasteiger partial charge is 0.0316 e. The third-order valence-electron chi connectivity index (χ3n) is 1.57. The molecule has 58 valence electrons. The van der Waals surface area contributed by atoms with E-state index in [9.17, 15) is 0 Å². The zero-order valence-electron chi connectivity index (χ0n) is 5.84. The van der Waals surface area contributed by atoms with Gasteiger partial charge in [-0.1, -0.05) is 31.7 Å². The molecule has 1 rings (SSSR count). The van der Waals surface area contributed by atoms with Gasteiger partial charge in [-0.3, -0.25) is 0 Å². The molecule has 1 aliphatic carbocycles. The molecule has 0 nitrogen and oxygen atoms in total. The molecule has 0 radical (unpaired) electrons. The maximum atomic E-state index is 2.30. The second-order valence-corrected chi connectivity index (χ2v) is 2.45. The van der Waals surface area contributed by atoms with Gasteiger partial charge in [0.15, 0.2) is 0 Å². The number of allylic oxidation sites excluding steroid dienone is 4. The minimum atomic E-state index is 0. The molecule has 10 heavy (non-hydrogen) atoms. The van der Waals surface area contributed by atoms with Crippen LogP contribution in [0.2, 0.25) is 0 Å². The zero-order valence-corrected chi connectivity index (χ0v) is 5.84. The van der Waals surface area contributed by atoms with Crippen LogP contribution in [0.15, 0.2) is 24.3 Å². The fraction of sp³-hybridized carbons (Fsp3) is 0.600. The van der Waals surface area contributed by atoms with Crippen molar-refractivity contribution >= 4 is 0 Å². The van der Waals surface area contributed by atoms with Gasteiger partial charge < -0.3 is 0 Å². The highest BCUT2D eigenvalue weighted by Gasteiger charge is 1.83. The van der Waals surface area contributed by atoms with Crippen molar-refractivity contribution in [2.75, 3.05) is 0 Å². The van der Waals surface area contributed by atoms with Crippen molar-refractivity contribution in [3.05, 3.63) is 24.3 Å². The first-order valence-electron chi connectivity index (χ1n) is 3.80. The Balaban J connectivity index is 0.000000810. The number of hydrogen-bond acceptors (Lipinski definition) is 0. The summed E-state index contributed by atoms with van der Waals surface area (Å²) in [5, 5.41) is 0. The van der Waals surface area contributed by atoms with Crippen molar-refractivity contribution in [3.63, 3.8) is 0 Å². The van der Waals surface area contributed by atoms with Gasteiger partial charge in [0, 0.05) is 0 Å². The highest BCUT2D eigenvalue weighted by Crippen LogP contribution is 2.04. The van der Waals surface area contributed by atoms with Crippen molar-refractivity contribution in [2.45, 2.75) is 39.5 Å². The van der Waals surface area contributed by atoms with Gasteiger partial charge in [0.2, 0.25) is 0 Å². The molecule has 0 spiro atoms. The van der Waals surface area contributed by atoms with E-state index in [4.69, 9.17) is 0 Å². The molecule has 0 N–H and O–H groups in total. The van der Waals surface area contributed by atoms with Crippen molar-refractivity contribution in [3.8, 4) is 0 Å². The maximum absolute atomic E-state index is 2.30. The average Bonchev–Trinajstić information content (AvgIpc) is 2.00. The molecule has 0 heterocycles. The summed E-state index contributed by atoms with van der Waals surface area (Å²) in [6.07, 6.45) is 15.5. The third-order valence-corrected chi connectivity index (χ3v) is 1.57. The van der Waals surface area contributed by atoms with E-state index < -0.39 is 0 Å². The quantitative estimate of drug-likeness (QED) is 0.448. The Morgan fingerprint density at radius 2 is 1.00 bits per heavy atom. The highest BCUT2D eigenvalue weighted by atomic mass is 13.9. The van der Waals surface area contributed by atoms with Crippen LogP contribution in [0.3, 0.4) is 0 Å². The molecule has 0 aliphatic heterocycles.